The van der Waals surface area contributed by atoms with Crippen LogP contribution < -0.4 is 81.4 Å². The number of aliphatic carboxylic acids is 2. The predicted octanol–water partition coefficient (Wildman–Crippen LogP) is 3.15. The van der Waals surface area contributed by atoms with Gasteiger partial charge in [0.15, 0.2) is 0 Å². The molecule has 21 N–H and O–H groups in total. The van der Waals surface area contributed by atoms with Gasteiger partial charge >= 0.3 is 18.1 Å². The minimum atomic E-state index is -5.08. The number of rotatable bonds is 50. The van der Waals surface area contributed by atoms with E-state index in [0.717, 1.165) is 22.3 Å². The molecule has 11 amide bonds. The van der Waals surface area contributed by atoms with Gasteiger partial charge in [-0.05, 0) is 142 Å². The van der Waals surface area contributed by atoms with Crippen LogP contribution in [-0.2, 0) is 88.0 Å². The Morgan fingerprint density at radius 2 is 0.649 bits per heavy atom. The Morgan fingerprint density at radius 1 is 0.351 bits per heavy atom. The maximum absolute atomic E-state index is 14.2. The van der Waals surface area contributed by atoms with Gasteiger partial charge in [0.1, 0.15) is 54.4 Å². The molecule has 0 saturated heterocycles. The van der Waals surface area contributed by atoms with Crippen LogP contribution in [0.25, 0.3) is 0 Å². The highest BCUT2D eigenvalue weighted by Crippen LogP contribution is 2.17. The topological polar surface area (TPSA) is 499 Å². The fourth-order valence-electron chi connectivity index (χ4n) is 11.9. The molecule has 4 aromatic carbocycles. The molecule has 0 saturated carbocycles. The number of unbranched alkanes of at least 4 members (excludes halogenated alkanes) is 3. The normalized spacial score (nSPS) is 14.2. The Labute approximate surface area is 665 Å². The first-order valence-corrected chi connectivity index (χ1v) is 38.8. The summed E-state index contributed by atoms with van der Waals surface area (Å²) in [6.07, 6.45) is -1.78. The van der Waals surface area contributed by atoms with Gasteiger partial charge < -0.3 is 91.6 Å². The van der Waals surface area contributed by atoms with Gasteiger partial charge in [0.2, 0.25) is 65.0 Å². The molecule has 11 atom stereocenters. The number of carbonyl (C=O) groups is 13. The second-order valence-corrected chi connectivity index (χ2v) is 29.7. The molecule has 0 heterocycles. The molecular weight excluding hydrogens is 1480 g/mol. The highest BCUT2D eigenvalue weighted by Gasteiger charge is 2.39. The molecule has 0 aromatic heterocycles. The summed E-state index contributed by atoms with van der Waals surface area (Å²) in [6, 6.07) is 24.0. The van der Waals surface area contributed by atoms with Crippen LogP contribution in [0.15, 0.2) is 121 Å². The third-order valence-corrected chi connectivity index (χ3v) is 18.2. The summed E-state index contributed by atoms with van der Waals surface area (Å²) in [5.41, 5.74) is 27.4. The van der Waals surface area contributed by atoms with Crippen molar-refractivity contribution < 1.29 is 85.7 Å². The number of hydrogen-bond acceptors (Lipinski definition) is 17. The van der Waals surface area contributed by atoms with Crippen molar-refractivity contribution in [3.63, 3.8) is 0 Å². The number of benzene rings is 4. The SMILES string of the molecule is CC(C)C[C@@H](NC(=O)[C@H](NC(=O)[C@@H](Cc1ccccc1)NC(=O)[C@H](N)Cc1ccccc1)C(C)C)C(=O)N[C@H](CCCCN)C(=O)NCCCC[C@@H](NC(=O)CCNC(=O)[C@@H](CCCCN)NC(=O)[C@@H](CC(C)C)NC(=O)[C@H](NC(=O)[C@@H](Cc1ccccc1)NC(=O)[C@H](N)Cc1ccccc1)C(C)C)C(=O)O.O=C(O)C(F)(F)F. The number of carbonyl (C=O) groups excluding carboxylic acids is 11. The van der Waals surface area contributed by atoms with Crippen LogP contribution in [0.4, 0.5) is 13.2 Å². The van der Waals surface area contributed by atoms with E-state index in [9.17, 15) is 75.8 Å². The zero-order valence-electron chi connectivity index (χ0n) is 66.5. The minimum absolute atomic E-state index is 0.0367. The summed E-state index contributed by atoms with van der Waals surface area (Å²) in [6.45, 7) is 14.8. The standard InChI is InChI=1S/C79H119N15O13.C2HF3O2/c1-49(2)43-62(91-77(104)67(51(5)6)93-75(102)64(47-55-31-17-11-18-32-55)89-69(96)57(82)45-53-27-13-9-14-28-53)73(100)87-59(35-21-24-39-80)71(98)84-41-26-23-37-61(79(106)107)86-66(95)38-42-85-72(99)60(36-22-25-40-81)88-74(101)63(44-50(3)4)92-78(105)68(52(7)8)94-76(103)65(48-56-33-19-12-20-34-56)90-70(97)58(83)46-54-29-15-10-16-30-54;3-2(4,5)1(6)7/h9-20,27-34,49-52,57-65,67-68H,21-26,35-48,80-83H2,1-8H3,(H,84,98)(H,85,99)(H,86,95)(H,87,100)(H,88,101)(H,89,96)(H,90,97)(H,91,104)(H,92,105)(H,93,102)(H,94,103)(H,106,107);(H,6,7)/t57-,58-,59-,60-,61-,62-,63-,64-,65-,67-,68-;/m1./s1. The molecule has 0 aliphatic rings. The van der Waals surface area contributed by atoms with Gasteiger partial charge in [-0.25, -0.2) is 9.59 Å². The maximum atomic E-state index is 14.2. The lowest BCUT2D eigenvalue weighted by Crippen LogP contribution is -2.60. The fourth-order valence-corrected chi connectivity index (χ4v) is 11.9. The van der Waals surface area contributed by atoms with Gasteiger partial charge in [-0.1, -0.05) is 177 Å². The van der Waals surface area contributed by atoms with E-state index in [1.54, 1.807) is 64.1 Å². The van der Waals surface area contributed by atoms with Crippen LogP contribution in [0.1, 0.15) is 155 Å². The summed E-state index contributed by atoms with van der Waals surface area (Å²) in [5, 5.41) is 47.6. The molecule has 114 heavy (non-hydrogen) atoms. The predicted molar refractivity (Wildman–Crippen MR) is 424 cm³/mol. The monoisotopic (exact) mass is 1600 g/mol. The van der Waals surface area contributed by atoms with Crippen LogP contribution >= 0.6 is 0 Å². The number of halogens is 3. The zero-order chi connectivity index (χ0) is 85.0. The third kappa shape index (κ3) is 38.4. The lowest BCUT2D eigenvalue weighted by atomic mass is 9.98. The Balaban J connectivity index is 0.00000457. The van der Waals surface area contributed by atoms with Crippen molar-refractivity contribution >= 4 is 76.9 Å². The molecule has 33 heteroatoms. The largest absolute Gasteiger partial charge is 0.490 e. The molecule has 0 aliphatic heterocycles. The lowest BCUT2D eigenvalue weighted by Gasteiger charge is -2.29. The van der Waals surface area contributed by atoms with E-state index in [-0.39, 0.29) is 102 Å². The number of nitrogens with one attached hydrogen (secondary N) is 11. The van der Waals surface area contributed by atoms with Crippen LogP contribution in [-0.4, -0.2) is 186 Å². The molecule has 0 radical (unpaired) electrons. The molecule has 0 bridgehead atoms. The highest BCUT2D eigenvalue weighted by atomic mass is 19.4. The van der Waals surface area contributed by atoms with Gasteiger partial charge in [-0.3, -0.25) is 52.7 Å². The van der Waals surface area contributed by atoms with E-state index >= 15 is 0 Å². The van der Waals surface area contributed by atoms with E-state index in [4.69, 9.17) is 32.8 Å². The number of carboxylic acids is 2. The Hall–Kier alpha value is -10.4. The summed E-state index contributed by atoms with van der Waals surface area (Å²) >= 11 is 0. The van der Waals surface area contributed by atoms with Gasteiger partial charge in [0.25, 0.3) is 0 Å². The highest BCUT2D eigenvalue weighted by molar-refractivity contribution is 5.98. The van der Waals surface area contributed by atoms with Crippen LogP contribution in [0.3, 0.4) is 0 Å². The van der Waals surface area contributed by atoms with E-state index in [0.29, 0.717) is 38.8 Å². The van der Waals surface area contributed by atoms with Crippen molar-refractivity contribution in [1.82, 2.24) is 58.5 Å². The Bertz CT molecular complexity index is 3660. The smallest absolute Gasteiger partial charge is 0.480 e. The molecule has 630 valence electrons. The molecule has 0 fully saturated rings. The first kappa shape index (κ1) is 97.8. The van der Waals surface area contributed by atoms with Crippen molar-refractivity contribution in [2.24, 2.45) is 46.6 Å². The fraction of sp³-hybridized carbons (Fsp3) is 0.543. The van der Waals surface area contributed by atoms with Crippen LogP contribution in [0.5, 0.6) is 0 Å². The zero-order valence-corrected chi connectivity index (χ0v) is 66.5. The van der Waals surface area contributed by atoms with Crippen molar-refractivity contribution in [2.75, 3.05) is 26.2 Å². The number of nitrogens with two attached hydrogens (primary N) is 4. The van der Waals surface area contributed by atoms with E-state index in [1.807, 2.05) is 113 Å². The Morgan fingerprint density at radius 3 is 0.965 bits per heavy atom. The number of amides is 11. The molecule has 0 spiro atoms. The lowest BCUT2D eigenvalue weighted by molar-refractivity contribution is -0.192. The second-order valence-electron chi connectivity index (χ2n) is 29.7. The molecule has 4 aromatic rings. The van der Waals surface area contributed by atoms with Crippen molar-refractivity contribution in [3.8, 4) is 0 Å². The van der Waals surface area contributed by atoms with Crippen LogP contribution in [0, 0.1) is 23.7 Å². The average Bonchev–Trinajstić information content (AvgIpc) is 0.847. The first-order chi connectivity index (χ1) is 53.9. The van der Waals surface area contributed by atoms with Crippen molar-refractivity contribution in [3.05, 3.63) is 144 Å². The Kier molecular flexibility index (Phi) is 44.7. The summed E-state index contributed by atoms with van der Waals surface area (Å²) in [7, 11) is 0. The van der Waals surface area contributed by atoms with E-state index < -0.39 is 161 Å². The molecular formula is C81H120F3N15O15. The van der Waals surface area contributed by atoms with Gasteiger partial charge in [0.05, 0.1) is 12.1 Å². The van der Waals surface area contributed by atoms with Gasteiger partial charge in [-0.2, -0.15) is 13.2 Å². The molecule has 0 aliphatic carbocycles. The van der Waals surface area contributed by atoms with Crippen molar-refractivity contribution in [2.45, 2.75) is 231 Å². The summed E-state index contributed by atoms with van der Waals surface area (Å²) in [5.74, 6) is -12.3. The minimum Gasteiger partial charge on any atom is -0.480 e. The van der Waals surface area contributed by atoms with Gasteiger partial charge in [0, 0.05) is 32.4 Å². The second kappa shape index (κ2) is 52.1. The third-order valence-electron chi connectivity index (χ3n) is 18.2. The van der Waals surface area contributed by atoms with E-state index in [2.05, 4.69) is 58.5 Å². The van der Waals surface area contributed by atoms with Gasteiger partial charge in [-0.15, -0.1) is 0 Å². The molecule has 30 nitrogen and oxygen atoms in total. The quantitative estimate of drug-likeness (QED) is 0.0282. The number of alkyl halides is 3. The van der Waals surface area contributed by atoms with Crippen LogP contribution in [0.2, 0.25) is 0 Å². The van der Waals surface area contributed by atoms with E-state index in [1.165, 1.54) is 0 Å². The first-order valence-electron chi connectivity index (χ1n) is 38.8. The molecule has 4 rings (SSSR count). The maximum Gasteiger partial charge on any atom is 0.490 e. The number of carboxylic acid groups (broad SMARTS) is 2. The summed E-state index contributed by atoms with van der Waals surface area (Å²) in [4.78, 5) is 175. The summed E-state index contributed by atoms with van der Waals surface area (Å²) < 4.78 is 31.7. The van der Waals surface area contributed by atoms with Crippen molar-refractivity contribution in [1.29, 1.82) is 0 Å². The molecule has 0 unspecified atom stereocenters. The average molecular weight is 1600 g/mol. The number of hydrogen-bond donors (Lipinski definition) is 17.